The summed E-state index contributed by atoms with van der Waals surface area (Å²) >= 11 is 0. The molecule has 1 aromatic rings. The van der Waals surface area contributed by atoms with Crippen LogP contribution in [0.5, 0.6) is 5.75 Å². The van der Waals surface area contributed by atoms with E-state index in [9.17, 15) is 9.59 Å². The number of nitrogens with one attached hydrogen (secondary N) is 1. The fourth-order valence-electron chi connectivity index (χ4n) is 1.30. The molecule has 5 nitrogen and oxygen atoms in total. The molecule has 0 fully saturated rings. The Labute approximate surface area is 112 Å². The lowest BCUT2D eigenvalue weighted by molar-refractivity contribution is -0.153. The lowest BCUT2D eigenvalue weighted by Gasteiger charge is -2.18. The van der Waals surface area contributed by atoms with E-state index in [2.05, 4.69) is 5.32 Å². The van der Waals surface area contributed by atoms with Crippen LogP contribution in [0.3, 0.4) is 0 Å². The highest BCUT2D eigenvalue weighted by atomic mass is 16.5. The maximum atomic E-state index is 11.6. The fraction of sp³-hybridized carbons (Fsp3) is 0.429. The Kier molecular flexibility index (Phi) is 5.36. The average molecular weight is 265 g/mol. The molecule has 0 atom stereocenters. The largest absolute Gasteiger partial charge is 0.494 e. The second kappa shape index (κ2) is 6.78. The van der Waals surface area contributed by atoms with Gasteiger partial charge in [0, 0.05) is 6.54 Å². The monoisotopic (exact) mass is 265 g/mol. The van der Waals surface area contributed by atoms with E-state index in [1.165, 1.54) is 13.8 Å². The van der Waals surface area contributed by atoms with Gasteiger partial charge in [0.25, 0.3) is 0 Å². The van der Waals surface area contributed by atoms with E-state index in [4.69, 9.17) is 9.84 Å². The van der Waals surface area contributed by atoms with Gasteiger partial charge in [0.1, 0.15) is 11.2 Å². The minimum absolute atomic E-state index is 0.391. The highest BCUT2D eigenvalue weighted by Crippen LogP contribution is 2.14. The van der Waals surface area contributed by atoms with Gasteiger partial charge in [-0.2, -0.15) is 0 Å². The second-order valence-electron chi connectivity index (χ2n) is 4.70. The molecule has 0 saturated carbocycles. The summed E-state index contributed by atoms with van der Waals surface area (Å²) in [5.74, 6) is -0.843. The molecule has 0 aliphatic rings. The smallest absolute Gasteiger partial charge is 0.318 e. The first-order valence-electron chi connectivity index (χ1n) is 6.14. The molecule has 0 aliphatic carbocycles. The number of carboxylic acid groups (broad SMARTS) is 1. The number of aliphatic carboxylic acids is 1. The van der Waals surface area contributed by atoms with Gasteiger partial charge < -0.3 is 15.2 Å². The number of carboxylic acids is 1. The molecule has 0 aliphatic heterocycles. The van der Waals surface area contributed by atoms with Gasteiger partial charge in [-0.25, -0.2) is 0 Å². The molecule has 1 aromatic carbocycles. The summed E-state index contributed by atoms with van der Waals surface area (Å²) in [6.07, 6.45) is 0.621. The van der Waals surface area contributed by atoms with Crippen LogP contribution in [-0.4, -0.2) is 30.1 Å². The van der Waals surface area contributed by atoms with Crippen molar-refractivity contribution in [3.05, 3.63) is 30.3 Å². The summed E-state index contributed by atoms with van der Waals surface area (Å²) < 4.78 is 5.45. The molecule has 1 amide bonds. The molecule has 0 aromatic heterocycles. The van der Waals surface area contributed by atoms with Crippen molar-refractivity contribution in [3.63, 3.8) is 0 Å². The number of rotatable bonds is 7. The lowest BCUT2D eigenvalue weighted by Crippen LogP contribution is -2.42. The van der Waals surface area contributed by atoms with Gasteiger partial charge in [-0.05, 0) is 32.4 Å². The Hall–Kier alpha value is -2.04. The Morgan fingerprint density at radius 3 is 2.47 bits per heavy atom. The van der Waals surface area contributed by atoms with Crippen molar-refractivity contribution in [2.75, 3.05) is 13.2 Å². The highest BCUT2D eigenvalue weighted by Gasteiger charge is 2.35. The van der Waals surface area contributed by atoms with Crippen LogP contribution < -0.4 is 10.1 Å². The van der Waals surface area contributed by atoms with E-state index in [1.54, 1.807) is 0 Å². The Bertz CT molecular complexity index is 428. The van der Waals surface area contributed by atoms with E-state index >= 15 is 0 Å². The molecule has 0 radical (unpaired) electrons. The van der Waals surface area contributed by atoms with Crippen molar-refractivity contribution in [1.82, 2.24) is 5.32 Å². The summed E-state index contributed by atoms with van der Waals surface area (Å²) in [5, 5.41) is 11.5. The zero-order chi connectivity index (χ0) is 14.3. The number of para-hydroxylation sites is 1. The Morgan fingerprint density at radius 1 is 1.26 bits per heavy atom. The number of ether oxygens (including phenoxy) is 1. The van der Waals surface area contributed by atoms with Crippen molar-refractivity contribution >= 4 is 11.9 Å². The van der Waals surface area contributed by atoms with Crippen LogP contribution in [0.15, 0.2) is 30.3 Å². The van der Waals surface area contributed by atoms with Crippen molar-refractivity contribution in [2.45, 2.75) is 20.3 Å². The number of hydrogen-bond acceptors (Lipinski definition) is 3. The molecule has 5 heteroatoms. The van der Waals surface area contributed by atoms with Gasteiger partial charge in [0.05, 0.1) is 6.61 Å². The van der Waals surface area contributed by atoms with Crippen LogP contribution in [0.25, 0.3) is 0 Å². The van der Waals surface area contributed by atoms with Gasteiger partial charge in [-0.1, -0.05) is 18.2 Å². The molecule has 104 valence electrons. The minimum atomic E-state index is -1.40. The molecule has 19 heavy (non-hydrogen) atoms. The maximum absolute atomic E-state index is 11.6. The van der Waals surface area contributed by atoms with Crippen LogP contribution in [0.4, 0.5) is 0 Å². The molecule has 0 unspecified atom stereocenters. The number of benzene rings is 1. The van der Waals surface area contributed by atoms with Crippen LogP contribution in [0.1, 0.15) is 20.3 Å². The first-order valence-corrected chi connectivity index (χ1v) is 6.14. The SMILES string of the molecule is CC(C)(C(=O)O)C(=O)NCCCOc1ccccc1. The lowest BCUT2D eigenvalue weighted by atomic mass is 9.93. The summed E-state index contributed by atoms with van der Waals surface area (Å²) in [6, 6.07) is 9.37. The van der Waals surface area contributed by atoms with Gasteiger partial charge in [-0.15, -0.1) is 0 Å². The van der Waals surface area contributed by atoms with Crippen molar-refractivity contribution in [3.8, 4) is 5.75 Å². The molecule has 1 rings (SSSR count). The average Bonchev–Trinajstić information content (AvgIpc) is 2.39. The third-order valence-electron chi connectivity index (χ3n) is 2.72. The first kappa shape index (κ1) is 15.0. The molecule has 0 bridgehead atoms. The molecular formula is C14H19NO4. The molecule has 0 heterocycles. The van der Waals surface area contributed by atoms with Crippen LogP contribution in [-0.2, 0) is 9.59 Å². The normalized spacial score (nSPS) is 10.8. The molecule has 0 saturated heterocycles. The van der Waals surface area contributed by atoms with Gasteiger partial charge in [0.15, 0.2) is 0 Å². The van der Waals surface area contributed by atoms with E-state index < -0.39 is 17.3 Å². The quantitative estimate of drug-likeness (QED) is 0.581. The maximum Gasteiger partial charge on any atom is 0.318 e. The minimum Gasteiger partial charge on any atom is -0.494 e. The molecular weight excluding hydrogens is 246 g/mol. The van der Waals surface area contributed by atoms with Gasteiger partial charge in [-0.3, -0.25) is 9.59 Å². The Morgan fingerprint density at radius 2 is 1.89 bits per heavy atom. The van der Waals surface area contributed by atoms with Crippen LogP contribution in [0.2, 0.25) is 0 Å². The third-order valence-corrected chi connectivity index (χ3v) is 2.72. The number of carbonyl (C=O) groups excluding carboxylic acids is 1. The molecule has 0 spiro atoms. The highest BCUT2D eigenvalue weighted by molar-refractivity contribution is 6.00. The number of hydrogen-bond donors (Lipinski definition) is 2. The number of carbonyl (C=O) groups is 2. The van der Waals surface area contributed by atoms with Crippen molar-refractivity contribution < 1.29 is 19.4 Å². The predicted octanol–water partition coefficient (Wildman–Crippen LogP) is 1.68. The topological polar surface area (TPSA) is 75.6 Å². The zero-order valence-electron chi connectivity index (χ0n) is 11.2. The van der Waals surface area contributed by atoms with Crippen LogP contribution in [0, 0.1) is 5.41 Å². The van der Waals surface area contributed by atoms with E-state index in [0.29, 0.717) is 19.6 Å². The summed E-state index contributed by atoms with van der Waals surface area (Å²) in [7, 11) is 0. The van der Waals surface area contributed by atoms with E-state index in [1.807, 2.05) is 30.3 Å². The second-order valence-corrected chi connectivity index (χ2v) is 4.70. The summed E-state index contributed by atoms with van der Waals surface area (Å²) in [5.41, 5.74) is -1.40. The summed E-state index contributed by atoms with van der Waals surface area (Å²) in [6.45, 7) is 3.62. The van der Waals surface area contributed by atoms with E-state index in [-0.39, 0.29) is 0 Å². The Balaban J connectivity index is 2.21. The van der Waals surface area contributed by atoms with Crippen molar-refractivity contribution in [1.29, 1.82) is 0 Å². The number of amides is 1. The predicted molar refractivity (Wildman–Crippen MR) is 71.0 cm³/mol. The van der Waals surface area contributed by atoms with Crippen LogP contribution >= 0.6 is 0 Å². The third kappa shape index (κ3) is 4.62. The fourth-order valence-corrected chi connectivity index (χ4v) is 1.30. The van der Waals surface area contributed by atoms with Gasteiger partial charge >= 0.3 is 5.97 Å². The molecule has 2 N–H and O–H groups in total. The van der Waals surface area contributed by atoms with Crippen molar-refractivity contribution in [2.24, 2.45) is 5.41 Å². The first-order chi connectivity index (χ1) is 8.94. The summed E-state index contributed by atoms with van der Waals surface area (Å²) in [4.78, 5) is 22.5. The van der Waals surface area contributed by atoms with Gasteiger partial charge in [0.2, 0.25) is 5.91 Å². The standard InChI is InChI=1S/C14H19NO4/c1-14(2,13(17)18)12(16)15-9-6-10-19-11-7-4-3-5-8-11/h3-5,7-8H,6,9-10H2,1-2H3,(H,15,16)(H,17,18). The van der Waals surface area contributed by atoms with E-state index in [0.717, 1.165) is 5.75 Å². The zero-order valence-corrected chi connectivity index (χ0v) is 11.2.